The van der Waals surface area contributed by atoms with Gasteiger partial charge >= 0.3 is 5.17 Å². The molecular formula is C20H23N2O2S+. The van der Waals surface area contributed by atoms with Crippen LogP contribution in [0.4, 0.5) is 5.69 Å². The number of amidine groups is 1. The van der Waals surface area contributed by atoms with Gasteiger partial charge in [0.15, 0.2) is 18.0 Å². The van der Waals surface area contributed by atoms with Gasteiger partial charge < -0.3 is 9.84 Å². The lowest BCUT2D eigenvalue weighted by molar-refractivity contribution is -0.656. The first-order valence-electron chi connectivity index (χ1n) is 8.78. The SMILES string of the molecule is CCOc1ccccc1N1C[C@](O)(c2ccccc2)[N+]2=C1SCCC2. The van der Waals surface area contributed by atoms with Crippen LogP contribution in [0.15, 0.2) is 54.6 Å². The van der Waals surface area contributed by atoms with Crippen LogP contribution in [0.5, 0.6) is 5.75 Å². The number of anilines is 1. The number of nitrogens with zero attached hydrogens (tertiary/aromatic N) is 2. The molecule has 2 heterocycles. The Labute approximate surface area is 152 Å². The van der Waals surface area contributed by atoms with Gasteiger partial charge in [-0.05, 0) is 37.2 Å². The van der Waals surface area contributed by atoms with Gasteiger partial charge in [0.05, 0.1) is 13.2 Å². The molecule has 2 aliphatic rings. The summed E-state index contributed by atoms with van der Waals surface area (Å²) in [6.45, 7) is 3.99. The summed E-state index contributed by atoms with van der Waals surface area (Å²) in [4.78, 5) is 2.21. The van der Waals surface area contributed by atoms with Gasteiger partial charge in [0.25, 0.3) is 5.72 Å². The van der Waals surface area contributed by atoms with Crippen molar-refractivity contribution in [2.75, 3.05) is 30.3 Å². The molecule has 0 unspecified atom stereocenters. The summed E-state index contributed by atoms with van der Waals surface area (Å²) >= 11 is 1.81. The maximum absolute atomic E-state index is 11.6. The first-order valence-corrected chi connectivity index (χ1v) is 9.77. The molecule has 1 N–H and O–H groups in total. The Hall–Kier alpha value is -1.98. The van der Waals surface area contributed by atoms with Crippen LogP contribution in [0.2, 0.25) is 0 Å². The molecule has 0 saturated carbocycles. The fraction of sp³-hybridized carbons (Fsp3) is 0.350. The normalized spacial score (nSPS) is 22.9. The van der Waals surface area contributed by atoms with Gasteiger partial charge in [-0.15, -0.1) is 0 Å². The molecule has 0 radical (unpaired) electrons. The van der Waals surface area contributed by atoms with Crippen molar-refractivity contribution >= 4 is 22.6 Å². The van der Waals surface area contributed by atoms with E-state index in [0.717, 1.165) is 40.9 Å². The second kappa shape index (κ2) is 6.73. The van der Waals surface area contributed by atoms with Crippen molar-refractivity contribution in [3.05, 3.63) is 60.2 Å². The molecule has 4 nitrogen and oxygen atoms in total. The van der Waals surface area contributed by atoms with Crippen molar-refractivity contribution in [1.82, 2.24) is 0 Å². The van der Waals surface area contributed by atoms with E-state index in [1.807, 2.05) is 67.2 Å². The number of rotatable bonds is 4. The van der Waals surface area contributed by atoms with Crippen LogP contribution in [0.3, 0.4) is 0 Å². The number of ether oxygens (including phenoxy) is 1. The van der Waals surface area contributed by atoms with Gasteiger partial charge in [-0.2, -0.15) is 0 Å². The molecule has 2 aromatic carbocycles. The summed E-state index contributed by atoms with van der Waals surface area (Å²) in [5, 5.41) is 12.7. The molecule has 0 spiro atoms. The predicted octanol–water partition coefficient (Wildman–Crippen LogP) is 3.26. The van der Waals surface area contributed by atoms with Crippen LogP contribution in [0.25, 0.3) is 0 Å². The Morgan fingerprint density at radius 3 is 2.72 bits per heavy atom. The molecule has 0 amide bonds. The number of hydrogen-bond acceptors (Lipinski definition) is 4. The average molecular weight is 355 g/mol. The summed E-state index contributed by atoms with van der Waals surface area (Å²) in [5.74, 6) is 1.94. The highest BCUT2D eigenvalue weighted by atomic mass is 32.2. The second-order valence-electron chi connectivity index (χ2n) is 6.31. The lowest BCUT2D eigenvalue weighted by atomic mass is 10.0. The van der Waals surface area contributed by atoms with Gasteiger partial charge in [0, 0.05) is 11.3 Å². The summed E-state index contributed by atoms with van der Waals surface area (Å²) < 4.78 is 7.99. The smallest absolute Gasteiger partial charge is 0.316 e. The Bertz CT molecular complexity index is 793. The Kier molecular flexibility index (Phi) is 4.44. The van der Waals surface area contributed by atoms with Gasteiger partial charge in [-0.3, -0.25) is 0 Å². The predicted molar refractivity (Wildman–Crippen MR) is 103 cm³/mol. The Balaban J connectivity index is 1.80. The quantitative estimate of drug-likeness (QED) is 0.854. The zero-order chi connectivity index (χ0) is 17.3. The Morgan fingerprint density at radius 1 is 1.16 bits per heavy atom. The zero-order valence-electron chi connectivity index (χ0n) is 14.4. The first-order chi connectivity index (χ1) is 12.2. The van der Waals surface area contributed by atoms with E-state index in [2.05, 4.69) is 15.5 Å². The van der Waals surface area contributed by atoms with Crippen LogP contribution in [0.1, 0.15) is 18.9 Å². The van der Waals surface area contributed by atoms with Crippen molar-refractivity contribution in [2.24, 2.45) is 0 Å². The second-order valence-corrected chi connectivity index (χ2v) is 7.37. The molecule has 2 aliphatic heterocycles. The maximum Gasteiger partial charge on any atom is 0.316 e. The van der Waals surface area contributed by atoms with Crippen LogP contribution >= 0.6 is 11.8 Å². The molecule has 2 aromatic rings. The van der Waals surface area contributed by atoms with Crippen molar-refractivity contribution in [1.29, 1.82) is 0 Å². The minimum Gasteiger partial charge on any atom is -0.489 e. The van der Waals surface area contributed by atoms with E-state index < -0.39 is 5.72 Å². The number of thioether (sulfide) groups is 1. The fourth-order valence-corrected chi connectivity index (χ4v) is 4.77. The van der Waals surface area contributed by atoms with Crippen LogP contribution in [-0.4, -0.2) is 40.3 Å². The minimum atomic E-state index is -1.01. The van der Waals surface area contributed by atoms with Crippen LogP contribution in [0, 0.1) is 0 Å². The van der Waals surface area contributed by atoms with E-state index in [1.54, 1.807) is 0 Å². The molecular weight excluding hydrogens is 332 g/mol. The molecule has 0 fully saturated rings. The summed E-state index contributed by atoms with van der Waals surface area (Å²) in [6.07, 6.45) is 1.07. The largest absolute Gasteiger partial charge is 0.489 e. The number of β-amino-alcohol motifs (C(OH)–C–C–N with tert-alkyl or cyclic N) is 1. The minimum absolute atomic E-state index is 0.503. The van der Waals surface area contributed by atoms with E-state index in [9.17, 15) is 5.11 Å². The highest BCUT2D eigenvalue weighted by Crippen LogP contribution is 2.40. The number of para-hydroxylation sites is 2. The number of aliphatic hydroxyl groups is 1. The maximum atomic E-state index is 11.6. The first kappa shape index (κ1) is 16.5. The van der Waals surface area contributed by atoms with Crippen molar-refractivity contribution in [3.8, 4) is 5.75 Å². The molecule has 25 heavy (non-hydrogen) atoms. The van der Waals surface area contributed by atoms with E-state index in [0.29, 0.717) is 13.2 Å². The summed E-state index contributed by atoms with van der Waals surface area (Å²) in [5.41, 5.74) is 0.945. The van der Waals surface area contributed by atoms with Gasteiger partial charge in [-0.1, -0.05) is 42.5 Å². The Morgan fingerprint density at radius 2 is 1.92 bits per heavy atom. The molecule has 1 atom stereocenters. The third-order valence-corrected chi connectivity index (χ3v) is 5.93. The summed E-state index contributed by atoms with van der Waals surface area (Å²) in [7, 11) is 0. The van der Waals surface area contributed by atoms with Gasteiger partial charge in [0.2, 0.25) is 0 Å². The highest BCUT2D eigenvalue weighted by molar-refractivity contribution is 8.13. The van der Waals surface area contributed by atoms with E-state index in [1.165, 1.54) is 0 Å². The molecule has 0 saturated heterocycles. The average Bonchev–Trinajstić information content (AvgIpc) is 2.98. The molecule has 5 heteroatoms. The topological polar surface area (TPSA) is 35.7 Å². The van der Waals surface area contributed by atoms with Crippen LogP contribution < -0.4 is 9.64 Å². The molecule has 4 rings (SSSR count). The summed E-state index contributed by atoms with van der Waals surface area (Å²) in [6, 6.07) is 18.1. The van der Waals surface area contributed by atoms with E-state index in [-0.39, 0.29) is 0 Å². The molecule has 0 aliphatic carbocycles. The van der Waals surface area contributed by atoms with Crippen molar-refractivity contribution < 1.29 is 14.4 Å². The van der Waals surface area contributed by atoms with Crippen molar-refractivity contribution in [3.63, 3.8) is 0 Å². The lowest BCUT2D eigenvalue weighted by Crippen LogP contribution is -2.41. The monoisotopic (exact) mass is 355 g/mol. The third kappa shape index (κ3) is 2.81. The van der Waals surface area contributed by atoms with Crippen molar-refractivity contribution in [2.45, 2.75) is 19.1 Å². The van der Waals surface area contributed by atoms with Crippen LogP contribution in [-0.2, 0) is 5.72 Å². The van der Waals surface area contributed by atoms with E-state index >= 15 is 0 Å². The van der Waals surface area contributed by atoms with Gasteiger partial charge in [-0.25, -0.2) is 9.48 Å². The molecule has 130 valence electrons. The highest BCUT2D eigenvalue weighted by Gasteiger charge is 2.53. The molecule has 0 aromatic heterocycles. The standard InChI is InChI=1S/C20H23N2O2S/c1-2-24-18-12-7-6-11-17(18)21-15-20(23,16-9-4-3-5-10-16)22-13-8-14-25-19(21)22/h3-7,9-12,23H,2,8,13-15H2,1H3/q+1/t20-/m0/s1. The number of benzene rings is 2. The third-order valence-electron chi connectivity index (χ3n) is 4.74. The fourth-order valence-electron chi connectivity index (χ4n) is 3.60. The van der Waals surface area contributed by atoms with Gasteiger partial charge in [0.1, 0.15) is 0 Å². The number of hydrogen-bond donors (Lipinski definition) is 1. The zero-order valence-corrected chi connectivity index (χ0v) is 15.2. The molecule has 0 bridgehead atoms. The lowest BCUT2D eigenvalue weighted by Gasteiger charge is -2.24. The van der Waals surface area contributed by atoms with E-state index in [4.69, 9.17) is 4.74 Å².